The zero-order chi connectivity index (χ0) is 15.9. The molecule has 114 valence electrons. The molecule has 2 heterocycles. The molecule has 0 bridgehead atoms. The van der Waals surface area contributed by atoms with Crippen LogP contribution in [0.25, 0.3) is 16.2 Å². The van der Waals surface area contributed by atoms with Gasteiger partial charge < -0.3 is 9.84 Å². The monoisotopic (exact) mass is 316 g/mol. The number of carboxylic acid groups (broad SMARTS) is 1. The van der Waals surface area contributed by atoms with Gasteiger partial charge >= 0.3 is 5.97 Å². The second-order valence-electron chi connectivity index (χ2n) is 5.19. The number of ether oxygens (including phenoxy) is 1. The van der Waals surface area contributed by atoms with E-state index in [-0.39, 0.29) is 11.5 Å². The third kappa shape index (κ3) is 2.40. The number of aromatic carboxylic acids is 1. The SMILES string of the molecule is COCc1c(C(=O)O)sc2nc(-c3ccc(C)c(C)c3)cn12. The van der Waals surface area contributed by atoms with E-state index >= 15 is 0 Å². The van der Waals surface area contributed by atoms with Crippen LogP contribution in [0, 0.1) is 13.8 Å². The Kier molecular flexibility index (Phi) is 3.72. The topological polar surface area (TPSA) is 63.8 Å². The molecule has 0 spiro atoms. The third-order valence-corrected chi connectivity index (χ3v) is 4.78. The van der Waals surface area contributed by atoms with Crippen molar-refractivity contribution < 1.29 is 14.6 Å². The Morgan fingerprint density at radius 2 is 2.14 bits per heavy atom. The van der Waals surface area contributed by atoms with Gasteiger partial charge in [-0.3, -0.25) is 4.40 Å². The normalized spacial score (nSPS) is 11.2. The summed E-state index contributed by atoms with van der Waals surface area (Å²) in [5.74, 6) is -0.949. The highest BCUT2D eigenvalue weighted by molar-refractivity contribution is 7.19. The molecule has 1 N–H and O–H groups in total. The Labute approximate surface area is 131 Å². The van der Waals surface area contributed by atoms with Crippen molar-refractivity contribution in [1.82, 2.24) is 9.38 Å². The van der Waals surface area contributed by atoms with Crippen LogP contribution in [0.1, 0.15) is 26.5 Å². The quantitative estimate of drug-likeness (QED) is 0.800. The van der Waals surface area contributed by atoms with Gasteiger partial charge in [-0.2, -0.15) is 0 Å². The van der Waals surface area contributed by atoms with Gasteiger partial charge in [-0.25, -0.2) is 9.78 Å². The number of thiazole rings is 1. The first kappa shape index (κ1) is 14.7. The van der Waals surface area contributed by atoms with Gasteiger partial charge in [0.2, 0.25) is 0 Å². The first-order valence-electron chi connectivity index (χ1n) is 6.82. The first-order chi connectivity index (χ1) is 10.5. The van der Waals surface area contributed by atoms with E-state index in [1.54, 1.807) is 7.11 Å². The largest absolute Gasteiger partial charge is 0.477 e. The molecule has 0 radical (unpaired) electrons. The maximum absolute atomic E-state index is 11.3. The summed E-state index contributed by atoms with van der Waals surface area (Å²) in [4.78, 5) is 16.8. The number of fused-ring (bicyclic) bond motifs is 1. The zero-order valence-electron chi connectivity index (χ0n) is 12.6. The third-order valence-electron chi connectivity index (χ3n) is 3.70. The molecule has 5 nitrogen and oxygen atoms in total. The second-order valence-corrected chi connectivity index (χ2v) is 6.17. The van der Waals surface area contributed by atoms with Crippen molar-refractivity contribution in [2.24, 2.45) is 0 Å². The molecule has 0 saturated carbocycles. The van der Waals surface area contributed by atoms with Crippen LogP contribution in [0.2, 0.25) is 0 Å². The fraction of sp³-hybridized carbons (Fsp3) is 0.250. The molecule has 2 aromatic heterocycles. The van der Waals surface area contributed by atoms with Crippen molar-refractivity contribution in [1.29, 1.82) is 0 Å². The number of imidazole rings is 1. The van der Waals surface area contributed by atoms with Gasteiger partial charge in [0.1, 0.15) is 4.88 Å². The van der Waals surface area contributed by atoms with Crippen molar-refractivity contribution in [3.63, 3.8) is 0 Å². The van der Waals surface area contributed by atoms with E-state index in [9.17, 15) is 9.90 Å². The minimum atomic E-state index is -0.949. The number of methoxy groups -OCH3 is 1. The molecule has 0 unspecified atom stereocenters. The van der Waals surface area contributed by atoms with Crippen LogP contribution in [0.4, 0.5) is 0 Å². The smallest absolute Gasteiger partial charge is 0.347 e. The van der Waals surface area contributed by atoms with E-state index in [4.69, 9.17) is 4.74 Å². The number of carboxylic acids is 1. The maximum Gasteiger partial charge on any atom is 0.347 e. The molecule has 0 aliphatic carbocycles. The Bertz CT molecular complexity index is 864. The summed E-state index contributed by atoms with van der Waals surface area (Å²) in [5.41, 5.74) is 4.93. The highest BCUT2D eigenvalue weighted by Gasteiger charge is 2.20. The Morgan fingerprint density at radius 1 is 1.36 bits per heavy atom. The second kappa shape index (κ2) is 5.55. The van der Waals surface area contributed by atoms with E-state index in [0.29, 0.717) is 10.7 Å². The summed E-state index contributed by atoms with van der Waals surface area (Å²) in [7, 11) is 1.55. The number of aromatic nitrogens is 2. The van der Waals surface area contributed by atoms with Crippen LogP contribution in [0.5, 0.6) is 0 Å². The molecule has 0 aliphatic rings. The summed E-state index contributed by atoms with van der Waals surface area (Å²) < 4.78 is 6.94. The molecule has 0 amide bonds. The maximum atomic E-state index is 11.3. The van der Waals surface area contributed by atoms with Crippen molar-refractivity contribution in [3.8, 4) is 11.3 Å². The molecule has 0 aliphatic heterocycles. The highest BCUT2D eigenvalue weighted by Crippen LogP contribution is 2.28. The molecular weight excluding hydrogens is 300 g/mol. The average molecular weight is 316 g/mol. The molecule has 6 heteroatoms. The number of hydrogen-bond acceptors (Lipinski definition) is 4. The fourth-order valence-electron chi connectivity index (χ4n) is 2.37. The lowest BCUT2D eigenvalue weighted by Crippen LogP contribution is -2.02. The molecule has 0 fully saturated rings. The minimum absolute atomic E-state index is 0.240. The van der Waals surface area contributed by atoms with E-state index in [2.05, 4.69) is 31.0 Å². The lowest BCUT2D eigenvalue weighted by atomic mass is 10.1. The molecule has 3 rings (SSSR count). The van der Waals surface area contributed by atoms with Crippen molar-refractivity contribution in [3.05, 3.63) is 46.1 Å². The fourth-order valence-corrected chi connectivity index (χ4v) is 3.32. The van der Waals surface area contributed by atoms with Gasteiger partial charge in [-0.05, 0) is 31.0 Å². The van der Waals surface area contributed by atoms with Crippen LogP contribution < -0.4 is 0 Å². The number of rotatable bonds is 4. The van der Waals surface area contributed by atoms with Gasteiger partial charge in [0, 0.05) is 18.9 Å². The van der Waals surface area contributed by atoms with E-state index < -0.39 is 5.97 Å². The van der Waals surface area contributed by atoms with Crippen molar-refractivity contribution in [2.75, 3.05) is 7.11 Å². The summed E-state index contributed by atoms with van der Waals surface area (Å²) >= 11 is 1.17. The lowest BCUT2D eigenvalue weighted by molar-refractivity contribution is 0.0696. The Morgan fingerprint density at radius 3 is 2.77 bits per heavy atom. The average Bonchev–Trinajstić information content (AvgIpc) is 3.01. The summed E-state index contributed by atoms with van der Waals surface area (Å²) in [5, 5.41) is 9.28. The standard InChI is InChI=1S/C16H16N2O3S/c1-9-4-5-11(6-10(9)2)12-7-18-13(8-21-3)14(15(19)20)22-16(18)17-12/h4-7H,8H2,1-3H3,(H,19,20). The van der Waals surface area contributed by atoms with Gasteiger partial charge in [0.15, 0.2) is 4.96 Å². The summed E-state index contributed by atoms with van der Waals surface area (Å²) in [6.07, 6.45) is 1.87. The number of hydrogen-bond donors (Lipinski definition) is 1. The van der Waals surface area contributed by atoms with E-state index in [1.165, 1.54) is 22.5 Å². The predicted octanol–water partition coefficient (Wildman–Crippen LogP) is 3.52. The molecule has 1 aromatic carbocycles. The van der Waals surface area contributed by atoms with E-state index in [1.807, 2.05) is 16.7 Å². The zero-order valence-corrected chi connectivity index (χ0v) is 13.4. The molecule has 3 aromatic rings. The van der Waals surface area contributed by atoms with Gasteiger partial charge in [0.05, 0.1) is 18.0 Å². The number of benzene rings is 1. The van der Waals surface area contributed by atoms with E-state index in [0.717, 1.165) is 11.3 Å². The molecule has 0 saturated heterocycles. The minimum Gasteiger partial charge on any atom is -0.477 e. The van der Waals surface area contributed by atoms with Crippen LogP contribution in [0.3, 0.4) is 0 Å². The van der Waals surface area contributed by atoms with Gasteiger partial charge in [-0.1, -0.05) is 23.5 Å². The van der Waals surface area contributed by atoms with Gasteiger partial charge in [0.25, 0.3) is 0 Å². The summed E-state index contributed by atoms with van der Waals surface area (Å²) in [6.45, 7) is 4.38. The van der Waals surface area contributed by atoms with Crippen LogP contribution in [-0.4, -0.2) is 27.6 Å². The predicted molar refractivity (Wildman–Crippen MR) is 85.7 cm³/mol. The molecular formula is C16H16N2O3S. The van der Waals surface area contributed by atoms with Crippen molar-refractivity contribution >= 4 is 22.3 Å². The van der Waals surface area contributed by atoms with Crippen LogP contribution >= 0.6 is 11.3 Å². The van der Waals surface area contributed by atoms with Crippen LogP contribution in [0.15, 0.2) is 24.4 Å². The highest BCUT2D eigenvalue weighted by atomic mass is 32.1. The molecule has 22 heavy (non-hydrogen) atoms. The lowest BCUT2D eigenvalue weighted by Gasteiger charge is -2.02. The first-order valence-corrected chi connectivity index (χ1v) is 7.63. The summed E-state index contributed by atoms with van der Waals surface area (Å²) in [6, 6.07) is 6.19. The van der Waals surface area contributed by atoms with Gasteiger partial charge in [-0.15, -0.1) is 0 Å². The Balaban J connectivity index is 2.13. The number of carbonyl (C=O) groups is 1. The number of aryl methyl sites for hydroxylation is 2. The number of nitrogens with zero attached hydrogens (tertiary/aromatic N) is 2. The van der Waals surface area contributed by atoms with Crippen LogP contribution in [-0.2, 0) is 11.3 Å². The van der Waals surface area contributed by atoms with Crippen molar-refractivity contribution in [2.45, 2.75) is 20.5 Å². The molecule has 0 atom stereocenters. The Hall–Kier alpha value is -2.18.